The molecule has 1 nitrogen and oxygen atoms in total. The van der Waals surface area contributed by atoms with Crippen LogP contribution in [0.25, 0.3) is 0 Å². The number of halogens is 1. The average molecular weight is 259 g/mol. The summed E-state index contributed by atoms with van der Waals surface area (Å²) >= 11 is 2.21. The minimum Gasteiger partial charge on any atom is -0.247 e. The first kappa shape index (κ1) is 8.71. The van der Waals surface area contributed by atoms with Gasteiger partial charge in [-0.3, -0.25) is 0 Å². The first-order valence-electron chi connectivity index (χ1n) is 3.46. The van der Waals surface area contributed by atoms with Crippen LogP contribution < -0.4 is 0 Å². The Hall–Kier alpha value is -0.380. The summed E-state index contributed by atoms with van der Waals surface area (Å²) in [6.45, 7) is 4.06. The molecule has 0 atom stereocenters. The Morgan fingerprint density at radius 3 is 2.55 bits per heavy atom. The van der Waals surface area contributed by atoms with E-state index in [9.17, 15) is 0 Å². The van der Waals surface area contributed by atoms with Gasteiger partial charge < -0.3 is 0 Å². The number of hydrogen-bond acceptors (Lipinski definition) is 1. The van der Waals surface area contributed by atoms with Gasteiger partial charge in [0.15, 0.2) is 0 Å². The van der Waals surface area contributed by atoms with E-state index in [1.165, 1.54) is 5.56 Å². The summed E-state index contributed by atoms with van der Waals surface area (Å²) in [6, 6.07) is 8.12. The third kappa shape index (κ3) is 2.61. The third-order valence-electron chi connectivity index (χ3n) is 1.39. The highest BCUT2D eigenvalue weighted by Crippen LogP contribution is 2.17. The van der Waals surface area contributed by atoms with E-state index in [4.69, 9.17) is 0 Å². The Morgan fingerprint density at radius 1 is 1.36 bits per heavy atom. The fourth-order valence-corrected chi connectivity index (χ4v) is 1.11. The van der Waals surface area contributed by atoms with Gasteiger partial charge in [-0.15, -0.1) is 0 Å². The van der Waals surface area contributed by atoms with Crippen LogP contribution in [-0.4, -0.2) is 3.72 Å². The SMILES string of the molecule is CC(I)=Nc1ccccc1C. The number of hydrogen-bond donors (Lipinski definition) is 0. The number of aliphatic imine (C=N–C) groups is 1. The lowest BCUT2D eigenvalue weighted by Gasteiger charge is -1.97. The molecule has 0 aliphatic rings. The summed E-state index contributed by atoms with van der Waals surface area (Å²) in [5.74, 6) is 0. The zero-order chi connectivity index (χ0) is 8.27. The molecule has 0 aliphatic heterocycles. The molecule has 0 amide bonds. The molecule has 0 aliphatic carbocycles. The van der Waals surface area contributed by atoms with Gasteiger partial charge in [-0.2, -0.15) is 0 Å². The van der Waals surface area contributed by atoms with E-state index < -0.39 is 0 Å². The number of aryl methyl sites for hydroxylation is 1. The lowest BCUT2D eigenvalue weighted by Crippen LogP contribution is -1.76. The highest BCUT2D eigenvalue weighted by Gasteiger charge is 1.92. The monoisotopic (exact) mass is 259 g/mol. The zero-order valence-electron chi connectivity index (χ0n) is 6.63. The lowest BCUT2D eigenvalue weighted by atomic mass is 10.2. The van der Waals surface area contributed by atoms with Crippen molar-refractivity contribution in [2.75, 3.05) is 0 Å². The molecule has 0 aromatic heterocycles. The summed E-state index contributed by atoms with van der Waals surface area (Å²) in [4.78, 5) is 4.36. The second-order valence-corrected chi connectivity index (χ2v) is 3.96. The molecule has 0 unspecified atom stereocenters. The van der Waals surface area contributed by atoms with E-state index >= 15 is 0 Å². The van der Waals surface area contributed by atoms with Crippen LogP contribution in [-0.2, 0) is 0 Å². The molecule has 0 heterocycles. The summed E-state index contributed by atoms with van der Waals surface area (Å²) in [7, 11) is 0. The highest BCUT2D eigenvalue weighted by atomic mass is 127. The Bertz CT molecular complexity index is 275. The van der Waals surface area contributed by atoms with Gasteiger partial charge in [0.25, 0.3) is 0 Å². The molecule has 0 spiro atoms. The predicted octanol–water partition coefficient (Wildman–Crippen LogP) is 3.48. The lowest BCUT2D eigenvalue weighted by molar-refractivity contribution is 1.40. The van der Waals surface area contributed by atoms with Crippen molar-refractivity contribution in [3.8, 4) is 0 Å². The number of nitrogens with zero attached hydrogens (tertiary/aromatic N) is 1. The summed E-state index contributed by atoms with van der Waals surface area (Å²) in [5, 5.41) is 0. The molecule has 1 aromatic carbocycles. The normalized spacial score (nSPS) is 11.7. The van der Waals surface area contributed by atoms with Crippen molar-refractivity contribution in [2.24, 2.45) is 4.99 Å². The molecule has 11 heavy (non-hydrogen) atoms. The highest BCUT2D eigenvalue weighted by molar-refractivity contribution is 14.1. The Kier molecular flexibility index (Phi) is 3.05. The molecule has 0 fully saturated rings. The molecule has 58 valence electrons. The fraction of sp³-hybridized carbons (Fsp3) is 0.222. The maximum absolute atomic E-state index is 4.36. The van der Waals surface area contributed by atoms with E-state index in [2.05, 4.69) is 40.6 Å². The molecular formula is C9H10IN. The van der Waals surface area contributed by atoms with Gasteiger partial charge in [0, 0.05) is 0 Å². The van der Waals surface area contributed by atoms with Crippen molar-refractivity contribution in [1.29, 1.82) is 0 Å². The van der Waals surface area contributed by atoms with Gasteiger partial charge >= 0.3 is 0 Å². The maximum atomic E-state index is 4.36. The predicted molar refractivity (Wildman–Crippen MR) is 58.0 cm³/mol. The van der Waals surface area contributed by atoms with Crippen molar-refractivity contribution in [3.05, 3.63) is 29.8 Å². The van der Waals surface area contributed by atoms with Crippen LogP contribution in [0.4, 0.5) is 5.69 Å². The van der Waals surface area contributed by atoms with E-state index in [-0.39, 0.29) is 0 Å². The number of para-hydroxylation sites is 1. The van der Waals surface area contributed by atoms with Gasteiger partial charge in [0.1, 0.15) is 0 Å². The Balaban J connectivity index is 3.04. The largest absolute Gasteiger partial charge is 0.247 e. The molecule has 1 aromatic rings. The van der Waals surface area contributed by atoms with Gasteiger partial charge in [-0.25, -0.2) is 4.99 Å². The molecule has 2 heteroatoms. The molecular weight excluding hydrogens is 249 g/mol. The van der Waals surface area contributed by atoms with E-state index in [0.29, 0.717) is 0 Å². The summed E-state index contributed by atoms with van der Waals surface area (Å²) < 4.78 is 1.07. The van der Waals surface area contributed by atoms with Gasteiger partial charge in [0.2, 0.25) is 0 Å². The van der Waals surface area contributed by atoms with Crippen molar-refractivity contribution in [3.63, 3.8) is 0 Å². The van der Waals surface area contributed by atoms with Crippen LogP contribution in [0, 0.1) is 6.92 Å². The first-order valence-corrected chi connectivity index (χ1v) is 4.54. The molecule has 0 saturated heterocycles. The van der Waals surface area contributed by atoms with E-state index in [1.807, 2.05) is 25.1 Å². The van der Waals surface area contributed by atoms with Crippen LogP contribution in [0.2, 0.25) is 0 Å². The van der Waals surface area contributed by atoms with Gasteiger partial charge in [-0.05, 0) is 48.1 Å². The molecule has 0 bridgehead atoms. The Labute approximate surface area is 80.7 Å². The third-order valence-corrected chi connectivity index (χ3v) is 1.63. The molecule has 0 radical (unpaired) electrons. The minimum atomic E-state index is 1.07. The van der Waals surface area contributed by atoms with Crippen molar-refractivity contribution in [2.45, 2.75) is 13.8 Å². The standard InChI is InChI=1S/C9H10IN/c1-7-5-3-4-6-9(7)11-8(2)10/h3-6H,1-2H3. The van der Waals surface area contributed by atoms with Crippen LogP contribution in [0.15, 0.2) is 29.3 Å². The second kappa shape index (κ2) is 3.85. The van der Waals surface area contributed by atoms with Gasteiger partial charge in [-0.1, -0.05) is 18.2 Å². The van der Waals surface area contributed by atoms with Crippen molar-refractivity contribution in [1.82, 2.24) is 0 Å². The second-order valence-electron chi connectivity index (χ2n) is 2.40. The maximum Gasteiger partial charge on any atom is 0.0760 e. The average Bonchev–Trinajstić information content (AvgIpc) is 1.93. The molecule has 0 N–H and O–H groups in total. The molecule has 1 rings (SSSR count). The number of benzene rings is 1. The van der Waals surface area contributed by atoms with Crippen molar-refractivity contribution < 1.29 is 0 Å². The summed E-state index contributed by atoms with van der Waals surface area (Å²) in [5.41, 5.74) is 2.29. The number of rotatable bonds is 1. The summed E-state index contributed by atoms with van der Waals surface area (Å²) in [6.07, 6.45) is 0. The molecule has 0 saturated carbocycles. The van der Waals surface area contributed by atoms with Gasteiger partial charge in [0.05, 0.1) is 9.41 Å². The van der Waals surface area contributed by atoms with Crippen LogP contribution in [0.5, 0.6) is 0 Å². The van der Waals surface area contributed by atoms with Crippen LogP contribution in [0.3, 0.4) is 0 Å². The van der Waals surface area contributed by atoms with Crippen molar-refractivity contribution >= 4 is 32.0 Å². The van der Waals surface area contributed by atoms with Crippen LogP contribution in [0.1, 0.15) is 12.5 Å². The first-order chi connectivity index (χ1) is 5.20. The Morgan fingerprint density at radius 2 is 2.00 bits per heavy atom. The van der Waals surface area contributed by atoms with Crippen LogP contribution >= 0.6 is 22.6 Å². The van der Waals surface area contributed by atoms with E-state index in [0.717, 1.165) is 9.41 Å². The van der Waals surface area contributed by atoms with E-state index in [1.54, 1.807) is 0 Å². The smallest absolute Gasteiger partial charge is 0.0760 e. The topological polar surface area (TPSA) is 12.4 Å². The fourth-order valence-electron chi connectivity index (χ4n) is 0.855. The minimum absolute atomic E-state index is 1.07. The quantitative estimate of drug-likeness (QED) is 0.540. The zero-order valence-corrected chi connectivity index (χ0v) is 8.79.